The van der Waals surface area contributed by atoms with Gasteiger partial charge in [-0.05, 0) is 25.1 Å². The van der Waals surface area contributed by atoms with Crippen molar-refractivity contribution in [2.75, 3.05) is 6.61 Å². The van der Waals surface area contributed by atoms with Crippen molar-refractivity contribution in [2.45, 2.75) is 18.0 Å². The number of benzene rings is 1. The molecule has 0 aliphatic rings. The number of halogens is 5. The molecular weight excluding hydrogens is 432 g/mol. The van der Waals surface area contributed by atoms with Gasteiger partial charge in [-0.25, -0.2) is 17.9 Å². The molecule has 6 nitrogen and oxygen atoms in total. The molecule has 1 aromatic heterocycles. The van der Waals surface area contributed by atoms with E-state index in [1.807, 2.05) is 0 Å². The van der Waals surface area contributed by atoms with Gasteiger partial charge in [-0.2, -0.15) is 13.2 Å². The van der Waals surface area contributed by atoms with Crippen molar-refractivity contribution in [3.05, 3.63) is 46.1 Å². The van der Waals surface area contributed by atoms with Gasteiger partial charge < -0.3 is 4.74 Å². The number of nitrogens with zero attached hydrogens (tertiary/aromatic N) is 1. The van der Waals surface area contributed by atoms with Crippen molar-refractivity contribution >= 4 is 39.3 Å². The summed E-state index contributed by atoms with van der Waals surface area (Å²) in [6.45, 7) is 1.43. The highest BCUT2D eigenvalue weighted by atomic mass is 35.5. The first-order valence-electron chi connectivity index (χ1n) is 7.18. The number of hydrogen-bond donors (Lipinski definition) is 1. The maximum atomic E-state index is 12.7. The lowest BCUT2D eigenvalue weighted by Crippen LogP contribution is -2.31. The molecule has 27 heavy (non-hydrogen) atoms. The van der Waals surface area contributed by atoms with Crippen molar-refractivity contribution in [2.24, 2.45) is 0 Å². The van der Waals surface area contributed by atoms with Crippen LogP contribution in [0.2, 0.25) is 10.0 Å². The molecule has 0 atom stereocenters. The molecule has 0 spiro atoms. The van der Waals surface area contributed by atoms with E-state index in [4.69, 9.17) is 23.2 Å². The number of ether oxygens (including phenoxy) is 1. The van der Waals surface area contributed by atoms with Crippen LogP contribution in [0.25, 0.3) is 11.3 Å². The Morgan fingerprint density at radius 2 is 1.89 bits per heavy atom. The van der Waals surface area contributed by atoms with Crippen LogP contribution in [0.15, 0.2) is 35.4 Å². The minimum absolute atomic E-state index is 0.0554. The van der Waals surface area contributed by atoms with E-state index in [0.29, 0.717) is 12.3 Å². The van der Waals surface area contributed by atoms with Crippen molar-refractivity contribution in [3.63, 3.8) is 0 Å². The molecule has 0 unspecified atom stereocenters. The number of carbonyl (C=O) groups excluding carboxylic acids is 1. The Morgan fingerprint density at radius 1 is 1.22 bits per heavy atom. The van der Waals surface area contributed by atoms with Gasteiger partial charge in [0.1, 0.15) is 4.90 Å². The van der Waals surface area contributed by atoms with Crippen LogP contribution in [0.1, 0.15) is 12.5 Å². The monoisotopic (exact) mass is 442 g/mol. The molecule has 2 aromatic rings. The summed E-state index contributed by atoms with van der Waals surface area (Å²) in [5, 5.41) is -0.563. The summed E-state index contributed by atoms with van der Waals surface area (Å²) in [5.41, 5.74) is -1.06. The Morgan fingerprint density at radius 3 is 2.44 bits per heavy atom. The number of nitrogens with one attached hydrogen (secondary N) is 1. The van der Waals surface area contributed by atoms with Crippen LogP contribution in [-0.4, -0.2) is 26.1 Å². The number of rotatable bonds is 4. The average Bonchev–Trinajstić information content (AvgIpc) is 2.54. The molecule has 146 valence electrons. The minimum atomic E-state index is -4.63. The number of amides is 1. The first-order valence-corrected chi connectivity index (χ1v) is 9.42. The van der Waals surface area contributed by atoms with E-state index in [0.717, 1.165) is 6.07 Å². The van der Waals surface area contributed by atoms with Crippen LogP contribution in [0.3, 0.4) is 0 Å². The smallest absolute Gasteiger partial charge is 0.421 e. The van der Waals surface area contributed by atoms with Crippen LogP contribution in [0, 0.1) is 0 Å². The van der Waals surface area contributed by atoms with Crippen LogP contribution in [-0.2, 0) is 20.9 Å². The first-order chi connectivity index (χ1) is 12.5. The molecule has 1 heterocycles. The van der Waals surface area contributed by atoms with Crippen molar-refractivity contribution in [1.29, 1.82) is 0 Å². The molecule has 0 fully saturated rings. The van der Waals surface area contributed by atoms with Crippen molar-refractivity contribution in [1.82, 2.24) is 9.71 Å². The molecule has 12 heteroatoms. The first kappa shape index (κ1) is 21.3. The second kappa shape index (κ2) is 7.91. The zero-order valence-electron chi connectivity index (χ0n) is 13.5. The normalized spacial score (nSPS) is 11.9. The largest absolute Gasteiger partial charge is 0.449 e. The SMILES string of the molecule is CCOC(=O)NS(=O)(=O)c1cc(-c2ncc(C(F)(F)F)cc2Cl)ccc1Cl. The highest BCUT2D eigenvalue weighted by molar-refractivity contribution is 7.90. The van der Waals surface area contributed by atoms with Crippen LogP contribution < -0.4 is 4.72 Å². The number of pyridine rings is 1. The highest BCUT2D eigenvalue weighted by Crippen LogP contribution is 2.35. The lowest BCUT2D eigenvalue weighted by molar-refractivity contribution is -0.137. The molecule has 0 saturated heterocycles. The molecule has 0 saturated carbocycles. The topological polar surface area (TPSA) is 85.4 Å². The maximum Gasteiger partial charge on any atom is 0.421 e. The zero-order chi connectivity index (χ0) is 20.4. The molecule has 0 aliphatic heterocycles. The fourth-order valence-corrected chi connectivity index (χ4v) is 3.68. The molecule has 0 bridgehead atoms. The highest BCUT2D eigenvalue weighted by Gasteiger charge is 2.32. The van der Waals surface area contributed by atoms with Crippen LogP contribution in [0.5, 0.6) is 0 Å². The lowest BCUT2D eigenvalue weighted by atomic mass is 10.1. The van der Waals surface area contributed by atoms with Crippen molar-refractivity contribution in [3.8, 4) is 11.3 Å². The molecule has 1 amide bonds. The van der Waals surface area contributed by atoms with E-state index >= 15 is 0 Å². The standard InChI is InChI=1S/C15H11Cl2F3N2O4S/c1-2-26-14(23)22-27(24,25)12-5-8(3-4-10(12)16)13-11(17)6-9(7-21-13)15(18,19)20/h3-7H,2H2,1H3,(H,22,23). The predicted molar refractivity (Wildman–Crippen MR) is 92.0 cm³/mol. The molecule has 0 aliphatic carbocycles. The molecular formula is C15H11Cl2F3N2O4S. The van der Waals surface area contributed by atoms with Gasteiger partial charge in [-0.3, -0.25) is 4.98 Å². The van der Waals surface area contributed by atoms with Gasteiger partial charge in [0.2, 0.25) is 0 Å². The summed E-state index contributed by atoms with van der Waals surface area (Å²) in [7, 11) is -4.39. The Hall–Kier alpha value is -2.04. The van der Waals surface area contributed by atoms with Gasteiger partial charge in [0.25, 0.3) is 10.0 Å². The van der Waals surface area contributed by atoms with Crippen molar-refractivity contribution < 1.29 is 31.1 Å². The molecule has 2 rings (SSSR count). The molecule has 1 N–H and O–H groups in total. The van der Waals surface area contributed by atoms with Gasteiger partial charge in [-0.15, -0.1) is 0 Å². The average molecular weight is 443 g/mol. The van der Waals surface area contributed by atoms with Crippen LogP contribution >= 0.6 is 23.2 Å². The lowest BCUT2D eigenvalue weighted by Gasteiger charge is -2.12. The number of carbonyl (C=O) groups is 1. The third-order valence-electron chi connectivity index (χ3n) is 3.16. The van der Waals surface area contributed by atoms with E-state index < -0.39 is 32.8 Å². The number of hydrogen-bond acceptors (Lipinski definition) is 5. The number of sulfonamides is 1. The van der Waals surface area contributed by atoms with Gasteiger partial charge in [0.15, 0.2) is 0 Å². The minimum Gasteiger partial charge on any atom is -0.449 e. The fraction of sp³-hybridized carbons (Fsp3) is 0.200. The third kappa shape index (κ3) is 5.02. The maximum absolute atomic E-state index is 12.7. The van der Waals surface area contributed by atoms with E-state index in [9.17, 15) is 26.4 Å². The molecule has 1 aromatic carbocycles. The summed E-state index contributed by atoms with van der Waals surface area (Å²) in [6.07, 6.45) is -5.27. The van der Waals surface area contributed by atoms with E-state index in [1.54, 1.807) is 4.72 Å². The Kier molecular flexibility index (Phi) is 6.23. The Bertz CT molecular complexity index is 982. The van der Waals surface area contributed by atoms with E-state index in [-0.39, 0.29) is 27.9 Å². The summed E-state index contributed by atoms with van der Waals surface area (Å²) in [6, 6.07) is 4.22. The van der Waals surface area contributed by atoms with Gasteiger partial charge in [0, 0.05) is 11.8 Å². The zero-order valence-corrected chi connectivity index (χ0v) is 15.8. The summed E-state index contributed by atoms with van der Waals surface area (Å²) in [4.78, 5) is 14.6. The number of aromatic nitrogens is 1. The van der Waals surface area contributed by atoms with E-state index in [2.05, 4.69) is 9.72 Å². The predicted octanol–water partition coefficient (Wildman–Crippen LogP) is 4.51. The second-order valence-electron chi connectivity index (χ2n) is 5.02. The summed E-state index contributed by atoms with van der Waals surface area (Å²) >= 11 is 11.7. The number of alkyl halides is 3. The third-order valence-corrected chi connectivity index (χ3v) is 5.24. The quantitative estimate of drug-likeness (QED) is 0.752. The Balaban J connectivity index is 2.48. The Labute approximate surface area is 162 Å². The second-order valence-corrected chi connectivity index (χ2v) is 7.49. The fourth-order valence-electron chi connectivity index (χ4n) is 1.99. The van der Waals surface area contributed by atoms with Gasteiger partial charge in [-0.1, -0.05) is 29.3 Å². The van der Waals surface area contributed by atoms with Crippen LogP contribution in [0.4, 0.5) is 18.0 Å². The summed E-state index contributed by atoms with van der Waals surface area (Å²) in [5.74, 6) is 0. The van der Waals surface area contributed by atoms with Gasteiger partial charge in [0.05, 0.1) is 27.9 Å². The molecule has 0 radical (unpaired) electrons. The van der Waals surface area contributed by atoms with Gasteiger partial charge >= 0.3 is 12.3 Å². The summed E-state index contributed by atoms with van der Waals surface area (Å²) < 4.78 is 68.9. The van der Waals surface area contributed by atoms with E-state index in [1.165, 1.54) is 19.1 Å².